The molecule has 0 fully saturated rings. The summed E-state index contributed by atoms with van der Waals surface area (Å²) in [5.41, 5.74) is 2.97. The van der Waals surface area contributed by atoms with Gasteiger partial charge in [0.1, 0.15) is 6.17 Å². The van der Waals surface area contributed by atoms with Gasteiger partial charge in [0.2, 0.25) is 0 Å². The van der Waals surface area contributed by atoms with E-state index in [9.17, 15) is 0 Å². The standard InChI is InChI=1S/C6H10N4/c1-2-9-10-6-5(1)7-3-4-8-6/h2-8,10H,1H2. The molecule has 54 valence electrons. The van der Waals surface area contributed by atoms with Gasteiger partial charge in [-0.1, -0.05) is 0 Å². The third kappa shape index (κ3) is 0.814. The maximum Gasteiger partial charge on any atom is 0.133 e. The minimum Gasteiger partial charge on any atom is -0.383 e. The first kappa shape index (κ1) is 5.58. The number of hydrogen-bond donors (Lipinski definition) is 3. The summed E-state index contributed by atoms with van der Waals surface area (Å²) >= 11 is 0. The molecule has 0 saturated heterocycles. The molecule has 2 atom stereocenters. The average Bonchev–Trinajstić information content (AvgIpc) is 2.05. The molecule has 0 radical (unpaired) electrons. The molecule has 2 rings (SSSR count). The smallest absolute Gasteiger partial charge is 0.133 e. The van der Waals surface area contributed by atoms with Crippen LogP contribution < -0.4 is 16.1 Å². The van der Waals surface area contributed by atoms with E-state index in [1.807, 2.05) is 18.6 Å². The number of hydrogen-bond acceptors (Lipinski definition) is 4. The molecular formula is C6H10N4. The molecule has 2 unspecified atom stereocenters. The maximum atomic E-state index is 3.95. The molecule has 0 spiro atoms. The van der Waals surface area contributed by atoms with Gasteiger partial charge in [-0.15, -0.1) is 0 Å². The third-order valence-electron chi connectivity index (χ3n) is 1.74. The molecule has 0 amide bonds. The first-order chi connectivity index (χ1) is 4.97. The fraction of sp³-hybridized carbons (Fsp3) is 0.500. The largest absolute Gasteiger partial charge is 0.383 e. The maximum absolute atomic E-state index is 3.95. The molecule has 0 aromatic heterocycles. The normalized spacial score (nSPS) is 35.2. The molecule has 0 aromatic carbocycles. The van der Waals surface area contributed by atoms with Crippen molar-refractivity contribution in [3.8, 4) is 0 Å². The predicted octanol–water partition coefficient (Wildman–Crippen LogP) is -0.676. The molecule has 4 nitrogen and oxygen atoms in total. The second kappa shape index (κ2) is 2.21. The minimum atomic E-state index is 0.259. The Labute approximate surface area is 59.4 Å². The number of hydrazone groups is 1. The van der Waals surface area contributed by atoms with Gasteiger partial charge in [0.05, 0.1) is 6.04 Å². The fourth-order valence-electron chi connectivity index (χ4n) is 1.17. The van der Waals surface area contributed by atoms with Gasteiger partial charge >= 0.3 is 0 Å². The van der Waals surface area contributed by atoms with Crippen molar-refractivity contribution in [2.45, 2.75) is 18.6 Å². The number of rotatable bonds is 0. The zero-order chi connectivity index (χ0) is 6.81. The second-order valence-corrected chi connectivity index (χ2v) is 2.43. The molecule has 3 N–H and O–H groups in total. The Kier molecular flexibility index (Phi) is 1.23. The zero-order valence-corrected chi connectivity index (χ0v) is 5.54. The minimum absolute atomic E-state index is 0.259. The van der Waals surface area contributed by atoms with Gasteiger partial charge in [0.25, 0.3) is 0 Å². The van der Waals surface area contributed by atoms with Crippen LogP contribution in [0.3, 0.4) is 0 Å². The van der Waals surface area contributed by atoms with E-state index < -0.39 is 0 Å². The van der Waals surface area contributed by atoms with Crippen LogP contribution in [0.2, 0.25) is 0 Å². The highest BCUT2D eigenvalue weighted by Gasteiger charge is 2.22. The van der Waals surface area contributed by atoms with E-state index in [2.05, 4.69) is 21.2 Å². The van der Waals surface area contributed by atoms with E-state index in [0.29, 0.717) is 6.04 Å². The topological polar surface area (TPSA) is 48.5 Å². The Morgan fingerprint density at radius 2 is 2.20 bits per heavy atom. The van der Waals surface area contributed by atoms with E-state index in [-0.39, 0.29) is 6.17 Å². The zero-order valence-electron chi connectivity index (χ0n) is 5.54. The summed E-state index contributed by atoms with van der Waals surface area (Å²) in [6.45, 7) is 0. The van der Waals surface area contributed by atoms with E-state index in [4.69, 9.17) is 0 Å². The van der Waals surface area contributed by atoms with E-state index in [0.717, 1.165) is 6.42 Å². The van der Waals surface area contributed by atoms with Crippen LogP contribution in [0, 0.1) is 0 Å². The van der Waals surface area contributed by atoms with Crippen molar-refractivity contribution in [1.29, 1.82) is 0 Å². The van der Waals surface area contributed by atoms with Crippen molar-refractivity contribution < 1.29 is 0 Å². The van der Waals surface area contributed by atoms with Gasteiger partial charge in [0, 0.05) is 25.0 Å². The Hall–Kier alpha value is -1.19. The van der Waals surface area contributed by atoms with Crippen molar-refractivity contribution in [2.75, 3.05) is 0 Å². The van der Waals surface area contributed by atoms with Crippen molar-refractivity contribution in [3.63, 3.8) is 0 Å². The SMILES string of the molecule is C1=CNC2NN=CCC2N1. The summed E-state index contributed by atoms with van der Waals surface area (Å²) in [5, 5.41) is 10.3. The van der Waals surface area contributed by atoms with Crippen molar-refractivity contribution in [2.24, 2.45) is 5.10 Å². The first-order valence-electron chi connectivity index (χ1n) is 3.41. The van der Waals surface area contributed by atoms with E-state index >= 15 is 0 Å². The van der Waals surface area contributed by atoms with Crippen LogP contribution >= 0.6 is 0 Å². The summed E-state index contributed by atoms with van der Waals surface area (Å²) in [4.78, 5) is 0. The van der Waals surface area contributed by atoms with Crippen LogP contribution in [-0.4, -0.2) is 18.4 Å². The van der Waals surface area contributed by atoms with Crippen molar-refractivity contribution >= 4 is 6.21 Å². The highest BCUT2D eigenvalue weighted by atomic mass is 15.4. The van der Waals surface area contributed by atoms with Gasteiger partial charge in [-0.25, -0.2) is 0 Å². The number of nitrogens with zero attached hydrogens (tertiary/aromatic N) is 1. The van der Waals surface area contributed by atoms with Crippen molar-refractivity contribution in [3.05, 3.63) is 12.4 Å². The molecule has 2 heterocycles. The lowest BCUT2D eigenvalue weighted by atomic mass is 10.1. The summed E-state index contributed by atoms with van der Waals surface area (Å²) in [6, 6.07) is 0.447. The molecule has 0 saturated carbocycles. The Morgan fingerprint density at radius 1 is 1.30 bits per heavy atom. The van der Waals surface area contributed by atoms with Crippen LogP contribution in [-0.2, 0) is 0 Å². The summed E-state index contributed by atoms with van der Waals surface area (Å²) in [7, 11) is 0. The Bertz CT molecular complexity index is 139. The van der Waals surface area contributed by atoms with E-state index in [1.165, 1.54) is 0 Å². The lowest BCUT2D eigenvalue weighted by Crippen LogP contribution is -2.56. The molecule has 2 aliphatic rings. The van der Waals surface area contributed by atoms with Gasteiger partial charge in [-0.3, -0.25) is 5.43 Å². The van der Waals surface area contributed by atoms with Crippen LogP contribution in [0.25, 0.3) is 0 Å². The summed E-state index contributed by atoms with van der Waals surface area (Å²) in [6.07, 6.45) is 6.93. The number of fused-ring (bicyclic) bond motifs is 1. The molecule has 4 heteroatoms. The lowest BCUT2D eigenvalue weighted by Gasteiger charge is -2.32. The van der Waals surface area contributed by atoms with Gasteiger partial charge in [-0.05, 0) is 0 Å². The fourth-order valence-corrected chi connectivity index (χ4v) is 1.17. The van der Waals surface area contributed by atoms with Gasteiger partial charge < -0.3 is 10.6 Å². The monoisotopic (exact) mass is 138 g/mol. The molecule has 10 heavy (non-hydrogen) atoms. The van der Waals surface area contributed by atoms with Crippen LogP contribution in [0.1, 0.15) is 6.42 Å². The third-order valence-corrected chi connectivity index (χ3v) is 1.74. The number of nitrogens with one attached hydrogen (secondary N) is 3. The predicted molar refractivity (Wildman–Crippen MR) is 39.2 cm³/mol. The van der Waals surface area contributed by atoms with Crippen LogP contribution in [0.5, 0.6) is 0 Å². The van der Waals surface area contributed by atoms with Gasteiger partial charge in [0.15, 0.2) is 0 Å². The first-order valence-corrected chi connectivity index (χ1v) is 3.41. The van der Waals surface area contributed by atoms with Gasteiger partial charge in [-0.2, -0.15) is 5.10 Å². The molecular weight excluding hydrogens is 128 g/mol. The Morgan fingerprint density at radius 3 is 3.10 bits per heavy atom. The quantitative estimate of drug-likeness (QED) is 0.416. The average molecular weight is 138 g/mol. The van der Waals surface area contributed by atoms with Crippen molar-refractivity contribution in [1.82, 2.24) is 16.1 Å². The highest BCUT2D eigenvalue weighted by molar-refractivity contribution is 5.59. The van der Waals surface area contributed by atoms with Crippen LogP contribution in [0.15, 0.2) is 17.5 Å². The highest BCUT2D eigenvalue weighted by Crippen LogP contribution is 2.02. The van der Waals surface area contributed by atoms with E-state index in [1.54, 1.807) is 0 Å². The molecule has 2 aliphatic heterocycles. The molecule has 0 aliphatic carbocycles. The van der Waals surface area contributed by atoms with Crippen LogP contribution in [0.4, 0.5) is 0 Å². The Balaban J connectivity index is 2.09. The second-order valence-electron chi connectivity index (χ2n) is 2.43. The molecule has 0 bridgehead atoms. The molecule has 0 aromatic rings. The summed E-state index contributed by atoms with van der Waals surface area (Å²) in [5.74, 6) is 0. The summed E-state index contributed by atoms with van der Waals surface area (Å²) < 4.78 is 0. The lowest BCUT2D eigenvalue weighted by molar-refractivity contribution is 0.350.